The molecule has 6 nitrogen and oxygen atoms in total. The standard InChI is InChI=1S/C14H23N3O3S.ClH/c1-3-21(19,20)17-11-12-5-7-13(8-6-12)14(18)16-10-4-9-15-2;/h5-8,15,17H,3-4,9-11H2,1-2H3,(H,16,18);1H. The largest absolute Gasteiger partial charge is 0.352 e. The van der Waals surface area contributed by atoms with Crippen molar-refractivity contribution in [1.82, 2.24) is 15.4 Å². The molecule has 0 fully saturated rings. The van der Waals surface area contributed by atoms with Crippen molar-refractivity contribution >= 4 is 28.3 Å². The highest BCUT2D eigenvalue weighted by Gasteiger charge is 2.07. The number of rotatable bonds is 9. The predicted octanol–water partition coefficient (Wildman–Crippen LogP) is 0.887. The van der Waals surface area contributed by atoms with Gasteiger partial charge in [-0.1, -0.05) is 12.1 Å². The molecule has 22 heavy (non-hydrogen) atoms. The summed E-state index contributed by atoms with van der Waals surface area (Å²) in [5, 5.41) is 5.84. The fourth-order valence-corrected chi connectivity index (χ4v) is 2.23. The maximum Gasteiger partial charge on any atom is 0.251 e. The van der Waals surface area contributed by atoms with Crippen LogP contribution >= 0.6 is 12.4 Å². The van der Waals surface area contributed by atoms with Crippen LogP contribution in [0.3, 0.4) is 0 Å². The van der Waals surface area contributed by atoms with Crippen LogP contribution in [0.15, 0.2) is 24.3 Å². The van der Waals surface area contributed by atoms with Crippen molar-refractivity contribution in [2.24, 2.45) is 0 Å². The topological polar surface area (TPSA) is 87.3 Å². The van der Waals surface area contributed by atoms with E-state index in [0.29, 0.717) is 12.1 Å². The Morgan fingerprint density at radius 2 is 1.77 bits per heavy atom. The van der Waals surface area contributed by atoms with Crippen LogP contribution < -0.4 is 15.4 Å². The first-order valence-electron chi connectivity index (χ1n) is 6.97. The third-order valence-corrected chi connectivity index (χ3v) is 4.33. The van der Waals surface area contributed by atoms with Gasteiger partial charge in [-0.25, -0.2) is 13.1 Å². The minimum absolute atomic E-state index is 0. The number of benzene rings is 1. The van der Waals surface area contributed by atoms with E-state index in [4.69, 9.17) is 0 Å². The Morgan fingerprint density at radius 1 is 1.14 bits per heavy atom. The lowest BCUT2D eigenvalue weighted by Crippen LogP contribution is -2.27. The van der Waals surface area contributed by atoms with Crippen LogP contribution in [0.25, 0.3) is 0 Å². The molecular weight excluding hydrogens is 326 g/mol. The molecule has 0 radical (unpaired) electrons. The first-order valence-corrected chi connectivity index (χ1v) is 8.63. The highest BCUT2D eigenvalue weighted by Crippen LogP contribution is 2.05. The lowest BCUT2D eigenvalue weighted by molar-refractivity contribution is 0.0953. The molecule has 1 aromatic carbocycles. The number of sulfonamides is 1. The zero-order chi connectivity index (χ0) is 15.7. The number of hydrogen-bond donors (Lipinski definition) is 3. The molecule has 0 bridgehead atoms. The molecular formula is C14H24ClN3O3S. The van der Waals surface area contributed by atoms with Gasteiger partial charge in [0.25, 0.3) is 5.91 Å². The van der Waals surface area contributed by atoms with Gasteiger partial charge in [0.2, 0.25) is 10.0 Å². The van der Waals surface area contributed by atoms with E-state index in [2.05, 4.69) is 15.4 Å². The Balaban J connectivity index is 0.00000441. The average Bonchev–Trinajstić information content (AvgIpc) is 2.50. The highest BCUT2D eigenvalue weighted by atomic mass is 35.5. The van der Waals surface area contributed by atoms with E-state index in [9.17, 15) is 13.2 Å². The van der Waals surface area contributed by atoms with E-state index in [0.717, 1.165) is 18.5 Å². The zero-order valence-electron chi connectivity index (χ0n) is 12.9. The van der Waals surface area contributed by atoms with E-state index in [1.54, 1.807) is 31.2 Å². The van der Waals surface area contributed by atoms with Crippen LogP contribution in [0.5, 0.6) is 0 Å². The minimum Gasteiger partial charge on any atom is -0.352 e. The molecule has 1 rings (SSSR count). The van der Waals surface area contributed by atoms with Crippen molar-refractivity contribution in [2.45, 2.75) is 19.9 Å². The summed E-state index contributed by atoms with van der Waals surface area (Å²) in [5.41, 5.74) is 1.39. The molecule has 0 aromatic heterocycles. The Hall–Kier alpha value is -1.15. The molecule has 0 saturated carbocycles. The molecule has 1 amide bonds. The number of halogens is 1. The molecule has 1 aromatic rings. The summed E-state index contributed by atoms with van der Waals surface area (Å²) in [4.78, 5) is 11.8. The second-order valence-corrected chi connectivity index (χ2v) is 6.73. The average molecular weight is 350 g/mol. The van der Waals surface area contributed by atoms with Crippen LogP contribution in [0.4, 0.5) is 0 Å². The summed E-state index contributed by atoms with van der Waals surface area (Å²) in [6, 6.07) is 6.90. The molecule has 0 saturated heterocycles. The Morgan fingerprint density at radius 3 is 2.32 bits per heavy atom. The molecule has 3 N–H and O–H groups in total. The van der Waals surface area contributed by atoms with Gasteiger partial charge in [0.15, 0.2) is 0 Å². The molecule has 0 aliphatic rings. The summed E-state index contributed by atoms with van der Waals surface area (Å²) < 4.78 is 25.2. The lowest BCUT2D eigenvalue weighted by atomic mass is 10.1. The summed E-state index contributed by atoms with van der Waals surface area (Å²) in [6.07, 6.45) is 0.874. The molecule has 0 unspecified atom stereocenters. The van der Waals surface area contributed by atoms with Crippen LogP contribution in [0, 0.1) is 0 Å². The number of hydrogen-bond acceptors (Lipinski definition) is 4. The smallest absolute Gasteiger partial charge is 0.251 e. The highest BCUT2D eigenvalue weighted by molar-refractivity contribution is 7.89. The van der Waals surface area contributed by atoms with E-state index in [1.165, 1.54) is 0 Å². The second kappa shape index (κ2) is 10.6. The van der Waals surface area contributed by atoms with Crippen LogP contribution in [-0.2, 0) is 16.6 Å². The normalized spacial score (nSPS) is 10.8. The fraction of sp³-hybridized carbons (Fsp3) is 0.500. The fourth-order valence-electron chi connectivity index (χ4n) is 1.64. The van der Waals surface area contributed by atoms with Crippen LogP contribution in [-0.4, -0.2) is 40.2 Å². The molecule has 0 heterocycles. The molecule has 126 valence electrons. The molecule has 8 heteroatoms. The van der Waals surface area contributed by atoms with Gasteiger partial charge in [-0.3, -0.25) is 4.79 Å². The lowest BCUT2D eigenvalue weighted by Gasteiger charge is -2.07. The third-order valence-electron chi connectivity index (χ3n) is 2.98. The van der Waals surface area contributed by atoms with Gasteiger partial charge in [0.1, 0.15) is 0 Å². The molecule has 0 atom stereocenters. The van der Waals surface area contributed by atoms with Crippen LogP contribution in [0.1, 0.15) is 29.3 Å². The molecule has 0 spiro atoms. The number of carbonyl (C=O) groups excluding carboxylic acids is 1. The number of carbonyl (C=O) groups is 1. The Labute approximate surface area is 138 Å². The molecule has 0 aliphatic carbocycles. The summed E-state index contributed by atoms with van der Waals surface area (Å²) in [5.74, 6) is -0.0630. The summed E-state index contributed by atoms with van der Waals surface area (Å²) >= 11 is 0. The minimum atomic E-state index is -3.20. The van der Waals surface area contributed by atoms with Crippen LogP contribution in [0.2, 0.25) is 0 Å². The first kappa shape index (κ1) is 20.9. The first-order chi connectivity index (χ1) is 9.98. The van der Waals surface area contributed by atoms with Crippen molar-refractivity contribution in [3.8, 4) is 0 Å². The SMILES string of the molecule is CCS(=O)(=O)NCc1ccc(C(=O)NCCCNC)cc1.Cl. The monoisotopic (exact) mass is 349 g/mol. The van der Waals surface area contributed by atoms with E-state index in [-0.39, 0.29) is 30.6 Å². The van der Waals surface area contributed by atoms with E-state index >= 15 is 0 Å². The van der Waals surface area contributed by atoms with Gasteiger partial charge in [-0.2, -0.15) is 0 Å². The van der Waals surface area contributed by atoms with Gasteiger partial charge in [0.05, 0.1) is 5.75 Å². The third kappa shape index (κ3) is 7.74. The van der Waals surface area contributed by atoms with Gasteiger partial charge in [0, 0.05) is 18.7 Å². The second-order valence-electron chi connectivity index (χ2n) is 4.63. The number of amides is 1. The Bertz CT molecular complexity index is 547. The molecule has 0 aliphatic heterocycles. The van der Waals surface area contributed by atoms with Crippen molar-refractivity contribution in [3.63, 3.8) is 0 Å². The maximum atomic E-state index is 11.8. The van der Waals surface area contributed by atoms with E-state index in [1.807, 2.05) is 7.05 Å². The quantitative estimate of drug-likeness (QED) is 0.578. The zero-order valence-corrected chi connectivity index (χ0v) is 14.5. The maximum absolute atomic E-state index is 11.8. The number of nitrogens with one attached hydrogen (secondary N) is 3. The van der Waals surface area contributed by atoms with Gasteiger partial charge in [-0.05, 0) is 44.6 Å². The van der Waals surface area contributed by atoms with E-state index < -0.39 is 10.0 Å². The van der Waals surface area contributed by atoms with Crippen molar-refractivity contribution in [2.75, 3.05) is 25.9 Å². The predicted molar refractivity (Wildman–Crippen MR) is 90.9 cm³/mol. The van der Waals surface area contributed by atoms with Crippen molar-refractivity contribution in [1.29, 1.82) is 0 Å². The summed E-state index contributed by atoms with van der Waals surface area (Å²) in [7, 11) is -1.33. The van der Waals surface area contributed by atoms with Gasteiger partial charge >= 0.3 is 0 Å². The van der Waals surface area contributed by atoms with Gasteiger partial charge in [-0.15, -0.1) is 12.4 Å². The summed E-state index contributed by atoms with van der Waals surface area (Å²) in [6.45, 7) is 3.30. The van der Waals surface area contributed by atoms with Crippen molar-refractivity contribution < 1.29 is 13.2 Å². The van der Waals surface area contributed by atoms with Gasteiger partial charge < -0.3 is 10.6 Å². The van der Waals surface area contributed by atoms with Crippen molar-refractivity contribution in [3.05, 3.63) is 35.4 Å². The Kier molecular flexibility index (Phi) is 10.0.